The number of carbonyl (C=O) groups is 2. The number of carbonyl (C=O) groups excluding carboxylic acids is 2. The molecule has 0 aliphatic carbocycles. The average molecular weight is 537 g/mol. The summed E-state index contributed by atoms with van der Waals surface area (Å²) in [5, 5.41) is 0.860. The van der Waals surface area contributed by atoms with Crippen LogP contribution in [0.5, 0.6) is 11.5 Å². The molecular formula is C28H22ClFN2O4S. The highest BCUT2D eigenvalue weighted by Crippen LogP contribution is 2.35. The van der Waals surface area contributed by atoms with Crippen molar-refractivity contribution in [1.82, 2.24) is 9.47 Å². The first-order valence-electron chi connectivity index (χ1n) is 11.5. The second-order valence-corrected chi connectivity index (χ2v) is 9.66. The van der Waals surface area contributed by atoms with E-state index in [1.807, 2.05) is 47.2 Å². The summed E-state index contributed by atoms with van der Waals surface area (Å²) in [6, 6.07) is 19.4. The van der Waals surface area contributed by atoms with Crippen LogP contribution in [0.15, 0.2) is 77.8 Å². The van der Waals surface area contributed by atoms with Gasteiger partial charge in [-0.25, -0.2) is 4.39 Å². The Labute approximate surface area is 222 Å². The number of imide groups is 1. The number of amides is 2. The number of nitrogens with zero attached hydrogens (tertiary/aromatic N) is 2. The molecule has 0 spiro atoms. The minimum atomic E-state index is -0.386. The molecule has 9 heteroatoms. The van der Waals surface area contributed by atoms with Gasteiger partial charge in [-0.05, 0) is 48.2 Å². The fourth-order valence-corrected chi connectivity index (χ4v) is 5.27. The number of para-hydroxylation sites is 3. The Morgan fingerprint density at radius 3 is 2.54 bits per heavy atom. The Bertz CT molecular complexity index is 1510. The minimum Gasteiger partial charge on any atom is -0.493 e. The number of halogens is 2. The number of hydrogen-bond acceptors (Lipinski definition) is 5. The number of fused-ring (bicyclic) bond motifs is 1. The van der Waals surface area contributed by atoms with Gasteiger partial charge in [-0.3, -0.25) is 14.5 Å². The molecule has 188 valence electrons. The molecule has 0 unspecified atom stereocenters. The summed E-state index contributed by atoms with van der Waals surface area (Å²) in [5.41, 5.74) is 1.99. The van der Waals surface area contributed by atoms with Gasteiger partial charge in [0.25, 0.3) is 11.1 Å². The summed E-state index contributed by atoms with van der Waals surface area (Å²) in [6.07, 6.45) is 3.54. The first kappa shape index (κ1) is 24.9. The number of hydrogen-bond donors (Lipinski definition) is 0. The Kier molecular flexibility index (Phi) is 7.21. The van der Waals surface area contributed by atoms with E-state index in [0.29, 0.717) is 27.0 Å². The molecule has 0 bridgehead atoms. The Morgan fingerprint density at radius 1 is 1.00 bits per heavy atom. The number of methoxy groups -OCH3 is 1. The average Bonchev–Trinajstić information content (AvgIpc) is 3.38. The van der Waals surface area contributed by atoms with E-state index in [-0.39, 0.29) is 36.7 Å². The van der Waals surface area contributed by atoms with E-state index in [2.05, 4.69) is 0 Å². The van der Waals surface area contributed by atoms with Crippen molar-refractivity contribution in [2.75, 3.05) is 20.3 Å². The molecule has 3 aromatic carbocycles. The third kappa shape index (κ3) is 5.08. The van der Waals surface area contributed by atoms with Crippen LogP contribution < -0.4 is 9.47 Å². The van der Waals surface area contributed by atoms with Crippen LogP contribution in [0.3, 0.4) is 0 Å². The van der Waals surface area contributed by atoms with Crippen LogP contribution >= 0.6 is 23.4 Å². The predicted octanol–water partition coefficient (Wildman–Crippen LogP) is 6.61. The summed E-state index contributed by atoms with van der Waals surface area (Å²) >= 11 is 7.14. The summed E-state index contributed by atoms with van der Waals surface area (Å²) in [6.45, 7) is 0.462. The number of rotatable bonds is 8. The molecule has 1 fully saturated rings. The van der Waals surface area contributed by atoms with Gasteiger partial charge in [-0.15, -0.1) is 0 Å². The fraction of sp³-hybridized carbons (Fsp3) is 0.143. The molecule has 1 saturated heterocycles. The van der Waals surface area contributed by atoms with Gasteiger partial charge in [0, 0.05) is 33.2 Å². The molecule has 4 aromatic rings. The van der Waals surface area contributed by atoms with Gasteiger partial charge in [0.1, 0.15) is 12.4 Å². The number of aromatic nitrogens is 1. The van der Waals surface area contributed by atoms with E-state index >= 15 is 0 Å². The van der Waals surface area contributed by atoms with Crippen LogP contribution in [0.4, 0.5) is 9.18 Å². The maximum Gasteiger partial charge on any atom is 0.293 e. The zero-order valence-electron chi connectivity index (χ0n) is 19.8. The maximum absolute atomic E-state index is 14.4. The zero-order chi connectivity index (χ0) is 25.9. The predicted molar refractivity (Wildman–Crippen MR) is 144 cm³/mol. The van der Waals surface area contributed by atoms with Crippen molar-refractivity contribution in [2.24, 2.45) is 0 Å². The monoisotopic (exact) mass is 536 g/mol. The topological polar surface area (TPSA) is 60.8 Å². The Hall–Kier alpha value is -3.75. The summed E-state index contributed by atoms with van der Waals surface area (Å²) < 4.78 is 27.3. The highest BCUT2D eigenvalue weighted by Gasteiger charge is 2.35. The zero-order valence-corrected chi connectivity index (χ0v) is 21.4. The van der Waals surface area contributed by atoms with Crippen molar-refractivity contribution in [2.45, 2.75) is 6.54 Å². The van der Waals surface area contributed by atoms with Gasteiger partial charge in [-0.2, -0.15) is 0 Å². The molecule has 37 heavy (non-hydrogen) atoms. The molecule has 2 amide bonds. The van der Waals surface area contributed by atoms with Gasteiger partial charge in [0.2, 0.25) is 0 Å². The molecule has 0 radical (unpaired) electrons. The number of benzene rings is 3. The lowest BCUT2D eigenvalue weighted by atomic mass is 10.1. The molecule has 6 nitrogen and oxygen atoms in total. The van der Waals surface area contributed by atoms with Crippen molar-refractivity contribution >= 4 is 51.5 Å². The SMILES string of the molecule is COc1ccccc1OCCN1C(=O)S/C(=C\c2cn(Cc3c(F)cccc3Cl)c3ccccc23)C1=O. The van der Waals surface area contributed by atoms with E-state index < -0.39 is 0 Å². The second kappa shape index (κ2) is 10.7. The van der Waals surface area contributed by atoms with Crippen molar-refractivity contribution in [3.05, 3.63) is 99.8 Å². The Balaban J connectivity index is 1.37. The lowest BCUT2D eigenvalue weighted by Crippen LogP contribution is -2.32. The van der Waals surface area contributed by atoms with Gasteiger partial charge >= 0.3 is 0 Å². The van der Waals surface area contributed by atoms with Crippen molar-refractivity contribution < 1.29 is 23.5 Å². The standard InChI is InChI=1S/C28H22ClFN2O4S/c1-35-24-11-4-5-12-25(24)36-14-13-32-27(33)26(37-28(32)34)15-18-16-31(23-10-3-2-7-19(18)23)17-20-21(29)8-6-9-22(20)30/h2-12,15-16H,13-14,17H2,1H3/b26-15-. The lowest BCUT2D eigenvalue weighted by molar-refractivity contribution is -0.123. The molecular weight excluding hydrogens is 515 g/mol. The van der Waals surface area contributed by atoms with E-state index in [1.165, 1.54) is 11.0 Å². The summed E-state index contributed by atoms with van der Waals surface area (Å²) in [5.74, 6) is 0.343. The molecule has 1 aliphatic heterocycles. The van der Waals surface area contributed by atoms with Gasteiger partial charge in [-0.1, -0.05) is 48.0 Å². The molecule has 0 atom stereocenters. The lowest BCUT2D eigenvalue weighted by Gasteiger charge is -2.14. The molecule has 5 rings (SSSR count). The third-order valence-corrected chi connectivity index (χ3v) is 7.27. The van der Waals surface area contributed by atoms with Crippen LogP contribution in [-0.2, 0) is 11.3 Å². The highest BCUT2D eigenvalue weighted by molar-refractivity contribution is 8.18. The van der Waals surface area contributed by atoms with Gasteiger partial charge < -0.3 is 14.0 Å². The summed E-state index contributed by atoms with van der Waals surface area (Å²) in [7, 11) is 1.55. The quantitative estimate of drug-likeness (QED) is 0.237. The smallest absolute Gasteiger partial charge is 0.293 e. The third-order valence-electron chi connectivity index (χ3n) is 6.01. The molecule has 2 heterocycles. The van der Waals surface area contributed by atoms with Gasteiger partial charge in [0.05, 0.1) is 25.1 Å². The Morgan fingerprint density at radius 2 is 1.76 bits per heavy atom. The fourth-order valence-electron chi connectivity index (χ4n) is 4.19. The van der Waals surface area contributed by atoms with E-state index in [4.69, 9.17) is 21.1 Å². The first-order valence-corrected chi connectivity index (χ1v) is 12.7. The normalized spacial score (nSPS) is 14.7. The number of ether oxygens (including phenoxy) is 2. The van der Waals surface area contributed by atoms with Crippen LogP contribution in [0.2, 0.25) is 5.02 Å². The second-order valence-electron chi connectivity index (χ2n) is 8.26. The van der Waals surface area contributed by atoms with Crippen LogP contribution in [-0.4, -0.2) is 40.9 Å². The largest absolute Gasteiger partial charge is 0.493 e. The van der Waals surface area contributed by atoms with E-state index in [1.54, 1.807) is 37.5 Å². The highest BCUT2D eigenvalue weighted by atomic mass is 35.5. The van der Waals surface area contributed by atoms with Crippen molar-refractivity contribution in [3.8, 4) is 11.5 Å². The van der Waals surface area contributed by atoms with E-state index in [0.717, 1.165) is 28.2 Å². The minimum absolute atomic E-state index is 0.105. The summed E-state index contributed by atoms with van der Waals surface area (Å²) in [4.78, 5) is 27.2. The molecule has 0 N–H and O–H groups in total. The number of thioether (sulfide) groups is 1. The van der Waals surface area contributed by atoms with Crippen LogP contribution in [0.1, 0.15) is 11.1 Å². The van der Waals surface area contributed by atoms with Crippen LogP contribution in [0.25, 0.3) is 17.0 Å². The molecule has 1 aromatic heterocycles. The molecule has 0 saturated carbocycles. The van der Waals surface area contributed by atoms with Crippen LogP contribution in [0, 0.1) is 5.82 Å². The van der Waals surface area contributed by atoms with Crippen molar-refractivity contribution in [3.63, 3.8) is 0 Å². The van der Waals surface area contributed by atoms with E-state index in [9.17, 15) is 14.0 Å². The van der Waals surface area contributed by atoms with Gasteiger partial charge in [0.15, 0.2) is 11.5 Å². The maximum atomic E-state index is 14.4. The first-order chi connectivity index (χ1) is 18.0. The van der Waals surface area contributed by atoms with Crippen molar-refractivity contribution in [1.29, 1.82) is 0 Å². The molecule has 1 aliphatic rings.